The lowest BCUT2D eigenvalue weighted by Crippen LogP contribution is -2.07. The molecule has 0 aliphatic carbocycles. The molecule has 0 fully saturated rings. The third-order valence-corrected chi connectivity index (χ3v) is 7.57. The molecule has 132 valence electrons. The van der Waals surface area contributed by atoms with Crippen LogP contribution < -0.4 is 0 Å². The molecule has 1 aromatic heterocycles. The number of aromatic nitrogens is 2. The fourth-order valence-electron chi connectivity index (χ4n) is 2.36. The van der Waals surface area contributed by atoms with Crippen LogP contribution in [0.15, 0.2) is 61.2 Å². The van der Waals surface area contributed by atoms with Crippen molar-refractivity contribution in [2.45, 2.75) is 9.79 Å². The summed E-state index contributed by atoms with van der Waals surface area (Å²) in [6, 6.07) is 12.3. The Bertz CT molecular complexity index is 1130. The highest BCUT2D eigenvalue weighted by Crippen LogP contribution is 2.42. The second-order valence-corrected chi connectivity index (χ2v) is 9.27. The van der Waals surface area contributed by atoms with Gasteiger partial charge in [-0.15, -0.1) is 16.2 Å². The first-order valence-electron chi connectivity index (χ1n) is 7.28. The van der Waals surface area contributed by atoms with Crippen LogP contribution in [0.1, 0.15) is 0 Å². The van der Waals surface area contributed by atoms with E-state index in [4.69, 9.17) is 16.1 Å². The van der Waals surface area contributed by atoms with E-state index < -0.39 is 10.0 Å². The molecule has 0 radical (unpaired) electrons. The smallest absolute Gasteiger partial charge is 0.285 e. The fraction of sp³-hybridized carbons (Fsp3) is 0.0625. The summed E-state index contributed by atoms with van der Waals surface area (Å²) in [5.41, 5.74) is 1.14. The van der Waals surface area contributed by atoms with E-state index in [0.29, 0.717) is 25.7 Å². The van der Waals surface area contributed by atoms with E-state index in [0.717, 1.165) is 5.56 Å². The first kappa shape index (κ1) is 17.6. The average molecular weight is 424 g/mol. The molecule has 0 amide bonds. The lowest BCUT2D eigenvalue weighted by Gasteiger charge is -2.15. The zero-order valence-electron chi connectivity index (χ0n) is 13.2. The topological polar surface area (TPSA) is 85.4 Å². The molecule has 0 saturated heterocycles. The van der Waals surface area contributed by atoms with E-state index in [-0.39, 0.29) is 10.8 Å². The lowest BCUT2D eigenvalue weighted by molar-refractivity contribution is 0.432. The second-order valence-electron chi connectivity index (χ2n) is 5.21. The number of fused-ring (bicyclic) bond motifs is 1. The predicted molar refractivity (Wildman–Crippen MR) is 104 cm³/mol. The molecule has 3 aromatic rings. The van der Waals surface area contributed by atoms with Crippen LogP contribution in [0.25, 0.3) is 22.8 Å². The van der Waals surface area contributed by atoms with E-state index in [1.807, 2.05) is 30.3 Å². The standard InChI is InChI=1S/C16H10ClN3O3S3/c1-24-16-20-26(21,22)13-7-10(11(17)8-12(13)25-16)15-18-14(19-23-15)9-5-3-2-4-6-9/h2-8H,1H3. The van der Waals surface area contributed by atoms with Crippen molar-refractivity contribution in [3.8, 4) is 22.8 Å². The summed E-state index contributed by atoms with van der Waals surface area (Å²) in [5, 5.41) is 4.28. The number of nitrogens with zero attached hydrogens (tertiary/aromatic N) is 3. The minimum absolute atomic E-state index is 0.0826. The minimum atomic E-state index is -3.80. The van der Waals surface area contributed by atoms with Crippen LogP contribution in [0.3, 0.4) is 0 Å². The van der Waals surface area contributed by atoms with Crippen molar-refractivity contribution >= 4 is 49.5 Å². The van der Waals surface area contributed by atoms with Gasteiger partial charge in [0.05, 0.1) is 10.6 Å². The molecule has 0 spiro atoms. The maximum atomic E-state index is 12.4. The third kappa shape index (κ3) is 3.16. The van der Waals surface area contributed by atoms with Crippen LogP contribution in [-0.2, 0) is 10.0 Å². The molecule has 0 unspecified atom stereocenters. The summed E-state index contributed by atoms with van der Waals surface area (Å²) in [6.45, 7) is 0. The normalized spacial score (nSPS) is 15.4. The van der Waals surface area contributed by atoms with Gasteiger partial charge in [0.1, 0.15) is 9.27 Å². The highest BCUT2D eigenvalue weighted by Gasteiger charge is 2.28. The molecule has 0 atom stereocenters. The largest absolute Gasteiger partial charge is 0.334 e. The van der Waals surface area contributed by atoms with E-state index in [2.05, 4.69) is 14.5 Å². The first-order chi connectivity index (χ1) is 12.5. The van der Waals surface area contributed by atoms with E-state index in [9.17, 15) is 8.42 Å². The van der Waals surface area contributed by atoms with Gasteiger partial charge in [0.25, 0.3) is 15.9 Å². The Morgan fingerprint density at radius 2 is 1.96 bits per heavy atom. The van der Waals surface area contributed by atoms with Crippen molar-refractivity contribution < 1.29 is 12.9 Å². The Hall–Kier alpha value is -1.81. The second kappa shape index (κ2) is 6.73. The molecule has 6 nitrogen and oxygen atoms in total. The Balaban J connectivity index is 1.81. The zero-order chi connectivity index (χ0) is 18.3. The molecule has 2 heterocycles. The van der Waals surface area contributed by atoms with Gasteiger partial charge in [-0.05, 0) is 18.4 Å². The van der Waals surface area contributed by atoms with E-state index in [1.165, 1.54) is 29.6 Å². The number of halogens is 1. The number of thioether (sulfide) groups is 2. The molecule has 1 aliphatic heterocycles. The van der Waals surface area contributed by atoms with Gasteiger partial charge in [-0.25, -0.2) is 0 Å². The quantitative estimate of drug-likeness (QED) is 0.596. The molecule has 26 heavy (non-hydrogen) atoms. The summed E-state index contributed by atoms with van der Waals surface area (Å²) >= 11 is 8.88. The van der Waals surface area contributed by atoms with Crippen molar-refractivity contribution in [2.75, 3.05) is 6.26 Å². The summed E-state index contributed by atoms with van der Waals surface area (Å²) in [6.07, 6.45) is 1.77. The predicted octanol–water partition coefficient (Wildman–Crippen LogP) is 4.57. The summed E-state index contributed by atoms with van der Waals surface area (Å²) in [4.78, 5) is 4.95. The Labute approximate surface area is 163 Å². The Morgan fingerprint density at radius 3 is 2.69 bits per heavy atom. The number of hydrogen-bond donors (Lipinski definition) is 0. The van der Waals surface area contributed by atoms with Crippen molar-refractivity contribution in [3.63, 3.8) is 0 Å². The van der Waals surface area contributed by atoms with Gasteiger partial charge < -0.3 is 4.52 Å². The van der Waals surface area contributed by atoms with Gasteiger partial charge in [-0.1, -0.05) is 58.9 Å². The minimum Gasteiger partial charge on any atom is -0.334 e. The summed E-state index contributed by atoms with van der Waals surface area (Å²) < 4.78 is 34.4. The summed E-state index contributed by atoms with van der Waals surface area (Å²) in [5.74, 6) is 0.547. The SMILES string of the molecule is CSC1=NS(=O)(=O)c2cc(-c3nc(-c4ccccc4)no3)c(Cl)cc2S1. The van der Waals surface area contributed by atoms with E-state index >= 15 is 0 Å². The van der Waals surface area contributed by atoms with E-state index in [1.54, 1.807) is 12.3 Å². The Morgan fingerprint density at radius 1 is 1.19 bits per heavy atom. The number of benzene rings is 2. The van der Waals surface area contributed by atoms with Crippen LogP contribution >= 0.6 is 35.1 Å². The molecule has 4 rings (SSSR count). The van der Waals surface area contributed by atoms with Gasteiger partial charge in [0.15, 0.2) is 0 Å². The van der Waals surface area contributed by atoms with Crippen molar-refractivity contribution in [1.82, 2.24) is 10.1 Å². The molecule has 10 heteroatoms. The third-order valence-electron chi connectivity index (χ3n) is 3.57. The van der Waals surface area contributed by atoms with Crippen molar-refractivity contribution in [1.29, 1.82) is 0 Å². The van der Waals surface area contributed by atoms with Crippen LogP contribution in [0.5, 0.6) is 0 Å². The number of hydrogen-bond acceptors (Lipinski definition) is 7. The molecule has 2 aromatic carbocycles. The summed E-state index contributed by atoms with van der Waals surface area (Å²) in [7, 11) is -3.80. The van der Waals surface area contributed by atoms with Gasteiger partial charge in [0.2, 0.25) is 5.82 Å². The van der Waals surface area contributed by atoms with Gasteiger partial charge >= 0.3 is 0 Å². The van der Waals surface area contributed by atoms with Gasteiger partial charge in [-0.2, -0.15) is 13.4 Å². The molecular formula is C16H10ClN3O3S3. The highest BCUT2D eigenvalue weighted by atomic mass is 35.5. The number of sulfonamides is 1. The monoisotopic (exact) mass is 423 g/mol. The fourth-order valence-corrected chi connectivity index (χ4v) is 6.14. The van der Waals surface area contributed by atoms with Gasteiger partial charge in [0, 0.05) is 10.5 Å². The molecule has 1 aliphatic rings. The average Bonchev–Trinajstić information content (AvgIpc) is 3.11. The Kier molecular flexibility index (Phi) is 4.55. The van der Waals surface area contributed by atoms with Crippen LogP contribution in [0.2, 0.25) is 5.02 Å². The van der Waals surface area contributed by atoms with Crippen molar-refractivity contribution in [3.05, 3.63) is 47.5 Å². The maximum absolute atomic E-state index is 12.4. The maximum Gasteiger partial charge on any atom is 0.285 e. The molecule has 0 saturated carbocycles. The molecular weight excluding hydrogens is 414 g/mol. The molecule has 0 N–H and O–H groups in total. The van der Waals surface area contributed by atoms with Gasteiger partial charge in [-0.3, -0.25) is 0 Å². The lowest BCUT2D eigenvalue weighted by atomic mass is 10.2. The molecule has 0 bridgehead atoms. The van der Waals surface area contributed by atoms with Crippen molar-refractivity contribution in [2.24, 2.45) is 4.40 Å². The zero-order valence-corrected chi connectivity index (χ0v) is 16.4. The highest BCUT2D eigenvalue weighted by molar-refractivity contribution is 8.39. The van der Waals surface area contributed by atoms with Crippen LogP contribution in [-0.4, -0.2) is 29.2 Å². The number of rotatable bonds is 2. The van der Waals surface area contributed by atoms with Crippen LogP contribution in [0.4, 0.5) is 0 Å². The van der Waals surface area contributed by atoms with Crippen LogP contribution in [0, 0.1) is 0 Å². The first-order valence-corrected chi connectivity index (χ1v) is 11.1.